The van der Waals surface area contributed by atoms with Gasteiger partial charge in [0.25, 0.3) is 0 Å². The largest absolute Gasteiger partial charge is 0.466 e. The monoisotopic (exact) mass is 370 g/mol. The summed E-state index contributed by atoms with van der Waals surface area (Å²) in [4.78, 5) is 23.0. The highest BCUT2D eigenvalue weighted by atomic mass is 16.6. The number of carbonyl (C=O) groups excluding carboxylic acids is 2. The molecule has 0 aromatic heterocycles. The van der Waals surface area contributed by atoms with Crippen molar-refractivity contribution in [3.8, 4) is 0 Å². The van der Waals surface area contributed by atoms with Crippen LogP contribution in [0.15, 0.2) is 0 Å². The third kappa shape index (κ3) is 10.8. The number of aliphatic hydroxyl groups excluding tert-OH is 1. The molecule has 1 heterocycles. The second-order valence-electron chi connectivity index (χ2n) is 7.49. The number of carbonyl (C=O) groups is 2. The van der Waals surface area contributed by atoms with E-state index in [-0.39, 0.29) is 37.3 Å². The summed E-state index contributed by atoms with van der Waals surface area (Å²) in [6.45, 7) is 2.46. The molecule has 5 nitrogen and oxygen atoms in total. The zero-order chi connectivity index (χ0) is 19.0. The second-order valence-corrected chi connectivity index (χ2v) is 7.49. The van der Waals surface area contributed by atoms with E-state index in [1.165, 1.54) is 64.2 Å². The Morgan fingerprint density at radius 3 is 2.08 bits per heavy atom. The zero-order valence-corrected chi connectivity index (χ0v) is 16.5. The standard InChI is InChI=1S/C21H38O5/c1-2-3-4-5-6-7-8-9-10-11-12-13-14-25-20(23)15-18-16-21(24)26-19(18)17-22/h18-19,22H,2-17H2,1H3/t18-,19+/m1/s1. The fourth-order valence-electron chi connectivity index (χ4n) is 3.45. The van der Waals surface area contributed by atoms with Gasteiger partial charge in [-0.15, -0.1) is 0 Å². The highest BCUT2D eigenvalue weighted by Gasteiger charge is 2.35. The zero-order valence-electron chi connectivity index (χ0n) is 16.5. The molecule has 0 aliphatic carbocycles. The predicted octanol–water partition coefficient (Wildman–Crippen LogP) is 4.54. The maximum absolute atomic E-state index is 11.8. The lowest BCUT2D eigenvalue weighted by Crippen LogP contribution is -2.23. The molecule has 0 aromatic rings. The van der Waals surface area contributed by atoms with Gasteiger partial charge in [0.05, 0.1) is 26.1 Å². The van der Waals surface area contributed by atoms with Crippen molar-refractivity contribution in [2.75, 3.05) is 13.2 Å². The number of aliphatic hydroxyl groups is 1. The van der Waals surface area contributed by atoms with Crippen LogP contribution in [0.5, 0.6) is 0 Å². The molecule has 0 unspecified atom stereocenters. The van der Waals surface area contributed by atoms with Crippen LogP contribution in [-0.4, -0.2) is 36.4 Å². The minimum atomic E-state index is -0.554. The first-order valence-corrected chi connectivity index (χ1v) is 10.6. The van der Waals surface area contributed by atoms with Crippen LogP contribution in [0.1, 0.15) is 96.8 Å². The number of hydrogen-bond donors (Lipinski definition) is 1. The number of unbranched alkanes of at least 4 members (excludes halogenated alkanes) is 11. The van der Waals surface area contributed by atoms with Gasteiger partial charge in [-0.05, 0) is 6.42 Å². The summed E-state index contributed by atoms with van der Waals surface area (Å²) in [5.74, 6) is -0.889. The van der Waals surface area contributed by atoms with Crippen molar-refractivity contribution in [3.63, 3.8) is 0 Å². The third-order valence-corrected chi connectivity index (χ3v) is 5.11. The molecule has 0 aromatic carbocycles. The summed E-state index contributed by atoms with van der Waals surface area (Å²) < 4.78 is 10.2. The van der Waals surface area contributed by atoms with E-state index in [0.717, 1.165) is 12.8 Å². The van der Waals surface area contributed by atoms with E-state index in [9.17, 15) is 9.59 Å². The van der Waals surface area contributed by atoms with E-state index in [2.05, 4.69) is 6.92 Å². The maximum atomic E-state index is 11.8. The number of ether oxygens (including phenoxy) is 2. The quantitative estimate of drug-likeness (QED) is 0.319. The number of hydrogen-bond acceptors (Lipinski definition) is 5. The first-order chi connectivity index (χ1) is 12.7. The van der Waals surface area contributed by atoms with E-state index in [1.807, 2.05) is 0 Å². The molecule has 5 heteroatoms. The van der Waals surface area contributed by atoms with Gasteiger partial charge in [0, 0.05) is 5.92 Å². The van der Waals surface area contributed by atoms with Crippen LogP contribution in [-0.2, 0) is 19.1 Å². The molecular formula is C21H38O5. The van der Waals surface area contributed by atoms with Crippen LogP contribution < -0.4 is 0 Å². The highest BCUT2D eigenvalue weighted by molar-refractivity contribution is 5.75. The Kier molecular flexibility index (Phi) is 13.2. The molecule has 1 saturated heterocycles. The SMILES string of the molecule is CCCCCCCCCCCCCCOC(=O)C[C@@H]1CC(=O)O[C@H]1CO. The third-order valence-electron chi connectivity index (χ3n) is 5.11. The van der Waals surface area contributed by atoms with Crippen molar-refractivity contribution in [2.45, 2.75) is 103 Å². The summed E-state index contributed by atoms with van der Waals surface area (Å²) >= 11 is 0. The lowest BCUT2D eigenvalue weighted by atomic mass is 9.98. The molecule has 0 saturated carbocycles. The summed E-state index contributed by atoms with van der Waals surface area (Å²) in [6.07, 6.45) is 15.1. The Bertz CT molecular complexity index is 383. The molecule has 1 aliphatic rings. The summed E-state index contributed by atoms with van der Waals surface area (Å²) in [5, 5.41) is 9.14. The Labute approximate surface area is 158 Å². The van der Waals surface area contributed by atoms with Gasteiger partial charge in [-0.25, -0.2) is 0 Å². The van der Waals surface area contributed by atoms with E-state index in [0.29, 0.717) is 6.61 Å². The lowest BCUT2D eigenvalue weighted by molar-refractivity contribution is -0.147. The lowest BCUT2D eigenvalue weighted by Gasteiger charge is -2.14. The maximum Gasteiger partial charge on any atom is 0.306 e. The topological polar surface area (TPSA) is 72.8 Å². The van der Waals surface area contributed by atoms with Gasteiger partial charge in [-0.1, -0.05) is 77.6 Å². The minimum Gasteiger partial charge on any atom is -0.466 e. The average Bonchev–Trinajstić information content (AvgIpc) is 2.98. The van der Waals surface area contributed by atoms with Gasteiger partial charge in [-0.2, -0.15) is 0 Å². The van der Waals surface area contributed by atoms with Crippen molar-refractivity contribution in [2.24, 2.45) is 5.92 Å². The van der Waals surface area contributed by atoms with Crippen molar-refractivity contribution in [3.05, 3.63) is 0 Å². The molecule has 26 heavy (non-hydrogen) atoms. The molecular weight excluding hydrogens is 332 g/mol. The van der Waals surface area contributed by atoms with Gasteiger partial charge < -0.3 is 14.6 Å². The fraction of sp³-hybridized carbons (Fsp3) is 0.905. The van der Waals surface area contributed by atoms with E-state index < -0.39 is 6.10 Å². The van der Waals surface area contributed by atoms with Crippen molar-refractivity contribution in [1.29, 1.82) is 0 Å². The van der Waals surface area contributed by atoms with Crippen LogP contribution in [0.4, 0.5) is 0 Å². The summed E-state index contributed by atoms with van der Waals surface area (Å²) in [5.41, 5.74) is 0. The molecule has 152 valence electrons. The van der Waals surface area contributed by atoms with Gasteiger partial charge in [0.15, 0.2) is 0 Å². The molecule has 0 bridgehead atoms. The normalized spacial score (nSPS) is 19.5. The van der Waals surface area contributed by atoms with Crippen LogP contribution in [0, 0.1) is 5.92 Å². The molecule has 1 rings (SSSR count). The molecule has 0 radical (unpaired) electrons. The molecule has 0 spiro atoms. The summed E-state index contributed by atoms with van der Waals surface area (Å²) in [7, 11) is 0. The van der Waals surface area contributed by atoms with Gasteiger partial charge in [-0.3, -0.25) is 9.59 Å². The van der Waals surface area contributed by atoms with Gasteiger partial charge in [0.2, 0.25) is 0 Å². The van der Waals surface area contributed by atoms with E-state index in [1.54, 1.807) is 0 Å². The number of esters is 2. The second kappa shape index (κ2) is 15.0. The first-order valence-electron chi connectivity index (χ1n) is 10.6. The molecule has 1 N–H and O–H groups in total. The Morgan fingerprint density at radius 2 is 1.54 bits per heavy atom. The van der Waals surface area contributed by atoms with Crippen molar-refractivity contribution in [1.82, 2.24) is 0 Å². The van der Waals surface area contributed by atoms with Crippen LogP contribution >= 0.6 is 0 Å². The van der Waals surface area contributed by atoms with Crippen LogP contribution in [0.3, 0.4) is 0 Å². The highest BCUT2D eigenvalue weighted by Crippen LogP contribution is 2.25. The first kappa shape index (κ1) is 22.9. The Morgan fingerprint density at radius 1 is 1.00 bits per heavy atom. The molecule has 0 amide bonds. The molecule has 1 aliphatic heterocycles. The summed E-state index contributed by atoms with van der Waals surface area (Å²) in [6, 6.07) is 0. The molecule has 1 fully saturated rings. The van der Waals surface area contributed by atoms with Crippen molar-refractivity contribution >= 4 is 11.9 Å². The number of cyclic esters (lactones) is 1. The van der Waals surface area contributed by atoms with Gasteiger partial charge in [0.1, 0.15) is 6.10 Å². The predicted molar refractivity (Wildman–Crippen MR) is 102 cm³/mol. The Balaban J connectivity index is 1.87. The average molecular weight is 371 g/mol. The smallest absolute Gasteiger partial charge is 0.306 e. The van der Waals surface area contributed by atoms with E-state index >= 15 is 0 Å². The van der Waals surface area contributed by atoms with Crippen LogP contribution in [0.25, 0.3) is 0 Å². The minimum absolute atomic E-state index is 0.148. The van der Waals surface area contributed by atoms with Crippen LogP contribution in [0.2, 0.25) is 0 Å². The van der Waals surface area contributed by atoms with Crippen molar-refractivity contribution < 1.29 is 24.2 Å². The van der Waals surface area contributed by atoms with Gasteiger partial charge >= 0.3 is 11.9 Å². The molecule has 2 atom stereocenters. The van der Waals surface area contributed by atoms with E-state index in [4.69, 9.17) is 14.6 Å². The number of rotatable bonds is 16. The fourth-order valence-corrected chi connectivity index (χ4v) is 3.45. The Hall–Kier alpha value is -1.10.